The van der Waals surface area contributed by atoms with E-state index in [1.165, 1.54) is 0 Å². The summed E-state index contributed by atoms with van der Waals surface area (Å²) in [6.45, 7) is 3.64. The first-order chi connectivity index (χ1) is 13.0. The maximum Gasteiger partial charge on any atom is 0.260 e. The Bertz CT molecular complexity index is 942. The molecular weight excluding hydrogens is 410 g/mol. The lowest BCUT2D eigenvalue weighted by Gasteiger charge is -2.21. The quantitative estimate of drug-likeness (QED) is 0.469. The van der Waals surface area contributed by atoms with Gasteiger partial charge in [-0.3, -0.25) is 9.69 Å². The highest BCUT2D eigenvalue weighted by Crippen LogP contribution is 2.31. The van der Waals surface area contributed by atoms with Gasteiger partial charge in [-0.25, -0.2) is 4.98 Å². The Hall–Kier alpha value is -1.60. The Labute approximate surface area is 181 Å². The van der Waals surface area contributed by atoms with Crippen LogP contribution in [0.15, 0.2) is 47.4 Å². The van der Waals surface area contributed by atoms with Crippen molar-refractivity contribution in [2.75, 3.05) is 38.3 Å². The molecule has 4 nitrogen and oxygen atoms in total. The smallest absolute Gasteiger partial charge is 0.260 e. The van der Waals surface area contributed by atoms with Crippen LogP contribution in [0, 0.1) is 6.92 Å². The first-order valence-electron chi connectivity index (χ1n) is 8.96. The molecule has 0 saturated heterocycles. The number of halogens is 1. The molecule has 0 N–H and O–H groups in total. The van der Waals surface area contributed by atoms with Gasteiger partial charge in [-0.2, -0.15) is 0 Å². The van der Waals surface area contributed by atoms with E-state index in [2.05, 4.69) is 38.1 Å². The molecule has 0 atom stereocenters. The van der Waals surface area contributed by atoms with Gasteiger partial charge in [-0.15, -0.1) is 24.2 Å². The van der Waals surface area contributed by atoms with Gasteiger partial charge >= 0.3 is 0 Å². The standard InChI is InChI=1S/C21H25N3OS2.ClH/c1-15-8-5-11-18-19(15)22-21(27-18)24(13-7-12-23(2)3)20(25)16-9-6-10-17(14-16)26-4;/h5-6,8-11,14H,7,12-13H2,1-4H3;1H. The van der Waals surface area contributed by atoms with Crippen molar-refractivity contribution < 1.29 is 4.79 Å². The zero-order valence-electron chi connectivity index (χ0n) is 16.6. The molecule has 7 heteroatoms. The molecule has 3 rings (SSSR count). The second-order valence-corrected chi connectivity index (χ2v) is 8.65. The number of aromatic nitrogens is 1. The van der Waals surface area contributed by atoms with Gasteiger partial charge in [-0.05, 0) is 70.1 Å². The van der Waals surface area contributed by atoms with Crippen LogP contribution >= 0.6 is 35.5 Å². The van der Waals surface area contributed by atoms with E-state index < -0.39 is 0 Å². The number of carbonyl (C=O) groups is 1. The van der Waals surface area contributed by atoms with E-state index in [0.29, 0.717) is 12.1 Å². The minimum absolute atomic E-state index is 0. The highest BCUT2D eigenvalue weighted by atomic mass is 35.5. The molecule has 0 saturated carbocycles. The summed E-state index contributed by atoms with van der Waals surface area (Å²) < 4.78 is 1.12. The molecular formula is C21H26ClN3OS2. The third-order valence-electron chi connectivity index (χ3n) is 4.39. The molecule has 150 valence electrons. The van der Waals surface area contributed by atoms with Crippen LogP contribution in [0.2, 0.25) is 0 Å². The topological polar surface area (TPSA) is 36.4 Å². The van der Waals surface area contributed by atoms with E-state index in [1.807, 2.05) is 41.5 Å². The number of hydrogen-bond donors (Lipinski definition) is 0. The van der Waals surface area contributed by atoms with Crippen LogP contribution in [0.5, 0.6) is 0 Å². The summed E-state index contributed by atoms with van der Waals surface area (Å²) >= 11 is 3.23. The van der Waals surface area contributed by atoms with Crippen LogP contribution in [0.4, 0.5) is 5.13 Å². The van der Waals surface area contributed by atoms with Crippen LogP contribution in [-0.4, -0.2) is 49.2 Å². The zero-order chi connectivity index (χ0) is 19.4. The van der Waals surface area contributed by atoms with E-state index in [4.69, 9.17) is 4.98 Å². The van der Waals surface area contributed by atoms with Gasteiger partial charge in [0.15, 0.2) is 5.13 Å². The average Bonchev–Trinajstić information content (AvgIpc) is 3.10. The van der Waals surface area contributed by atoms with E-state index in [0.717, 1.165) is 38.8 Å². The fourth-order valence-corrected chi connectivity index (χ4v) is 4.46. The number of hydrogen-bond acceptors (Lipinski definition) is 5. The van der Waals surface area contributed by atoms with Gasteiger partial charge in [0.1, 0.15) is 0 Å². The third kappa shape index (κ3) is 5.26. The van der Waals surface area contributed by atoms with Gasteiger partial charge < -0.3 is 4.90 Å². The number of fused-ring (bicyclic) bond motifs is 1. The summed E-state index contributed by atoms with van der Waals surface area (Å²) in [4.78, 5) is 23.2. The molecule has 0 spiro atoms. The van der Waals surface area contributed by atoms with Gasteiger partial charge in [0, 0.05) is 17.0 Å². The molecule has 0 aliphatic rings. The Morgan fingerprint density at radius 1 is 1.14 bits per heavy atom. The number of nitrogens with zero attached hydrogens (tertiary/aromatic N) is 3. The SMILES string of the molecule is CSc1cccc(C(=O)N(CCCN(C)C)c2nc3c(C)cccc3s2)c1.Cl. The lowest BCUT2D eigenvalue weighted by atomic mass is 10.2. The molecule has 0 bridgehead atoms. The fraction of sp³-hybridized carbons (Fsp3) is 0.333. The van der Waals surface area contributed by atoms with Crippen molar-refractivity contribution in [1.82, 2.24) is 9.88 Å². The summed E-state index contributed by atoms with van der Waals surface area (Å²) in [6, 6.07) is 14.0. The molecule has 0 fully saturated rings. The predicted octanol–water partition coefficient (Wildman–Crippen LogP) is 5.35. The van der Waals surface area contributed by atoms with Crippen LogP contribution in [0.25, 0.3) is 10.2 Å². The first-order valence-corrected chi connectivity index (χ1v) is 11.0. The number of rotatable bonds is 7. The van der Waals surface area contributed by atoms with E-state index in [-0.39, 0.29) is 18.3 Å². The molecule has 3 aromatic rings. The molecule has 1 heterocycles. The van der Waals surface area contributed by atoms with Crippen LogP contribution in [0.1, 0.15) is 22.3 Å². The average molecular weight is 436 g/mol. The van der Waals surface area contributed by atoms with Gasteiger partial charge in [-0.1, -0.05) is 29.5 Å². The van der Waals surface area contributed by atoms with E-state index in [9.17, 15) is 4.79 Å². The van der Waals surface area contributed by atoms with E-state index >= 15 is 0 Å². The maximum absolute atomic E-state index is 13.3. The zero-order valence-corrected chi connectivity index (χ0v) is 19.1. The number of thioether (sulfide) groups is 1. The molecule has 0 radical (unpaired) electrons. The monoisotopic (exact) mass is 435 g/mol. The maximum atomic E-state index is 13.3. The van der Waals surface area contributed by atoms with Crippen molar-refractivity contribution in [3.63, 3.8) is 0 Å². The summed E-state index contributed by atoms with van der Waals surface area (Å²) in [5.41, 5.74) is 2.84. The highest BCUT2D eigenvalue weighted by molar-refractivity contribution is 7.98. The van der Waals surface area contributed by atoms with Crippen LogP contribution in [0.3, 0.4) is 0 Å². The number of amides is 1. The third-order valence-corrected chi connectivity index (χ3v) is 6.16. The van der Waals surface area contributed by atoms with Crippen molar-refractivity contribution in [2.24, 2.45) is 0 Å². The van der Waals surface area contributed by atoms with Crippen molar-refractivity contribution in [1.29, 1.82) is 0 Å². The van der Waals surface area contributed by atoms with Crippen molar-refractivity contribution in [3.8, 4) is 0 Å². The van der Waals surface area contributed by atoms with Crippen molar-refractivity contribution in [3.05, 3.63) is 53.6 Å². The molecule has 2 aromatic carbocycles. The van der Waals surface area contributed by atoms with E-state index in [1.54, 1.807) is 23.1 Å². The lowest BCUT2D eigenvalue weighted by molar-refractivity contribution is 0.0986. The van der Waals surface area contributed by atoms with Crippen molar-refractivity contribution in [2.45, 2.75) is 18.2 Å². The predicted molar refractivity (Wildman–Crippen MR) is 125 cm³/mol. The van der Waals surface area contributed by atoms with Gasteiger partial charge in [0.2, 0.25) is 0 Å². The van der Waals surface area contributed by atoms with Crippen molar-refractivity contribution >= 4 is 56.8 Å². The van der Waals surface area contributed by atoms with Gasteiger partial charge in [0.05, 0.1) is 10.2 Å². The normalized spacial score (nSPS) is 10.9. The first kappa shape index (κ1) is 22.7. The number of thiazole rings is 1. The fourth-order valence-electron chi connectivity index (χ4n) is 2.93. The molecule has 1 aromatic heterocycles. The second-order valence-electron chi connectivity index (χ2n) is 6.76. The molecule has 1 amide bonds. The Morgan fingerprint density at radius 3 is 2.57 bits per heavy atom. The number of anilines is 1. The number of aryl methyl sites for hydroxylation is 1. The largest absolute Gasteiger partial charge is 0.309 e. The summed E-state index contributed by atoms with van der Waals surface area (Å²) in [5, 5.41) is 0.776. The van der Waals surface area contributed by atoms with Gasteiger partial charge in [0.25, 0.3) is 5.91 Å². The Balaban J connectivity index is 0.00000280. The minimum Gasteiger partial charge on any atom is -0.309 e. The molecule has 0 aliphatic carbocycles. The lowest BCUT2D eigenvalue weighted by Crippen LogP contribution is -2.33. The highest BCUT2D eigenvalue weighted by Gasteiger charge is 2.21. The molecule has 0 aliphatic heterocycles. The number of carbonyl (C=O) groups excluding carboxylic acids is 1. The molecule has 28 heavy (non-hydrogen) atoms. The number of para-hydroxylation sites is 1. The summed E-state index contributed by atoms with van der Waals surface area (Å²) in [6.07, 6.45) is 2.92. The number of benzene rings is 2. The Kier molecular flexibility index (Phi) is 8.31. The second kappa shape index (κ2) is 10.3. The van der Waals surface area contributed by atoms with Crippen LogP contribution < -0.4 is 4.90 Å². The minimum atomic E-state index is 0. The molecule has 0 unspecified atom stereocenters. The van der Waals surface area contributed by atoms with Crippen LogP contribution in [-0.2, 0) is 0 Å². The summed E-state index contributed by atoms with van der Waals surface area (Å²) in [7, 11) is 4.10. The Morgan fingerprint density at radius 2 is 1.89 bits per heavy atom. The summed E-state index contributed by atoms with van der Waals surface area (Å²) in [5.74, 6) is 0.0152.